The summed E-state index contributed by atoms with van der Waals surface area (Å²) < 4.78 is 16.5. The first-order valence-corrected chi connectivity index (χ1v) is 6.70. The average molecular weight is 257 g/mol. The molecule has 0 aromatic heterocycles. The molecule has 2 saturated heterocycles. The van der Waals surface area contributed by atoms with Gasteiger partial charge in [0, 0.05) is 5.41 Å². The summed E-state index contributed by atoms with van der Waals surface area (Å²) in [7, 11) is 0. The van der Waals surface area contributed by atoms with E-state index in [-0.39, 0.29) is 17.6 Å². The third-order valence-electron chi connectivity index (χ3n) is 4.23. The third kappa shape index (κ3) is 3.14. The fourth-order valence-electron chi connectivity index (χ4n) is 2.72. The molecule has 5 nitrogen and oxygen atoms in total. The van der Waals surface area contributed by atoms with Gasteiger partial charge in [0.15, 0.2) is 0 Å². The summed E-state index contributed by atoms with van der Waals surface area (Å²) in [5.41, 5.74) is 5.17. The monoisotopic (exact) mass is 257 g/mol. The first-order valence-electron chi connectivity index (χ1n) is 6.70. The number of carbonyl (C=O) groups is 1. The number of nitrogens with two attached hydrogens (primary N) is 1. The van der Waals surface area contributed by atoms with Crippen LogP contribution in [-0.2, 0) is 14.2 Å². The zero-order valence-electron chi connectivity index (χ0n) is 11.2. The normalized spacial score (nSPS) is 34.0. The van der Waals surface area contributed by atoms with Crippen molar-refractivity contribution >= 4 is 6.09 Å². The highest BCUT2D eigenvalue weighted by Crippen LogP contribution is 2.43. The van der Waals surface area contributed by atoms with Crippen LogP contribution < -0.4 is 5.73 Å². The Balaban J connectivity index is 1.78. The van der Waals surface area contributed by atoms with E-state index in [0.717, 1.165) is 19.4 Å². The van der Waals surface area contributed by atoms with Gasteiger partial charge < -0.3 is 19.9 Å². The second-order valence-corrected chi connectivity index (χ2v) is 5.67. The molecule has 2 bridgehead atoms. The minimum Gasteiger partial charge on any atom is -0.444 e. The lowest BCUT2D eigenvalue weighted by atomic mass is 9.72. The van der Waals surface area contributed by atoms with Crippen molar-refractivity contribution < 1.29 is 19.0 Å². The molecule has 18 heavy (non-hydrogen) atoms. The SMILES string of the molecule is CC(OCC12CCC(CC1)OC2)C(C)OC(N)=O. The Kier molecular flexibility index (Phi) is 4.12. The Morgan fingerprint density at radius 3 is 2.56 bits per heavy atom. The molecule has 3 fully saturated rings. The van der Waals surface area contributed by atoms with Crippen LogP contribution in [0, 0.1) is 5.41 Å². The van der Waals surface area contributed by atoms with Gasteiger partial charge in [0.25, 0.3) is 0 Å². The van der Waals surface area contributed by atoms with Crippen LogP contribution in [0.1, 0.15) is 39.5 Å². The number of rotatable bonds is 5. The van der Waals surface area contributed by atoms with Gasteiger partial charge >= 0.3 is 6.09 Å². The van der Waals surface area contributed by atoms with Gasteiger partial charge in [0.05, 0.1) is 25.4 Å². The molecular formula is C13H23NO4. The Bertz CT molecular complexity index is 286. The van der Waals surface area contributed by atoms with Crippen LogP contribution in [0.15, 0.2) is 0 Å². The number of hydrogen-bond donors (Lipinski definition) is 1. The maximum Gasteiger partial charge on any atom is 0.404 e. The van der Waals surface area contributed by atoms with Crippen molar-refractivity contribution in [1.29, 1.82) is 0 Å². The molecule has 0 aromatic carbocycles. The first-order chi connectivity index (χ1) is 8.51. The van der Waals surface area contributed by atoms with E-state index in [1.165, 1.54) is 12.8 Å². The molecule has 2 aliphatic heterocycles. The van der Waals surface area contributed by atoms with Crippen LogP contribution in [0.2, 0.25) is 0 Å². The van der Waals surface area contributed by atoms with Crippen LogP contribution >= 0.6 is 0 Å². The van der Waals surface area contributed by atoms with E-state index in [0.29, 0.717) is 12.7 Å². The van der Waals surface area contributed by atoms with Crippen LogP contribution in [0.4, 0.5) is 4.79 Å². The van der Waals surface area contributed by atoms with Crippen LogP contribution in [0.25, 0.3) is 0 Å². The van der Waals surface area contributed by atoms with Gasteiger partial charge in [-0.3, -0.25) is 0 Å². The van der Waals surface area contributed by atoms with Crippen molar-refractivity contribution in [3.63, 3.8) is 0 Å². The molecule has 0 aromatic rings. The average Bonchev–Trinajstić information content (AvgIpc) is 2.37. The fraction of sp³-hybridized carbons (Fsp3) is 0.923. The van der Waals surface area contributed by atoms with Crippen molar-refractivity contribution in [2.45, 2.75) is 57.8 Å². The summed E-state index contributed by atoms with van der Waals surface area (Å²) in [6, 6.07) is 0. The molecule has 2 heterocycles. The van der Waals surface area contributed by atoms with E-state index in [4.69, 9.17) is 19.9 Å². The molecule has 104 valence electrons. The summed E-state index contributed by atoms with van der Waals surface area (Å²) in [6.45, 7) is 5.17. The summed E-state index contributed by atoms with van der Waals surface area (Å²) in [4.78, 5) is 10.7. The summed E-state index contributed by atoms with van der Waals surface area (Å²) in [6.07, 6.45) is 3.89. The molecular weight excluding hydrogens is 234 g/mol. The summed E-state index contributed by atoms with van der Waals surface area (Å²) >= 11 is 0. The van der Waals surface area contributed by atoms with Crippen molar-refractivity contribution in [3.8, 4) is 0 Å². The molecule has 2 atom stereocenters. The second-order valence-electron chi connectivity index (χ2n) is 5.67. The van der Waals surface area contributed by atoms with Crippen LogP contribution in [0.3, 0.4) is 0 Å². The minimum absolute atomic E-state index is 0.147. The quantitative estimate of drug-likeness (QED) is 0.815. The highest BCUT2D eigenvalue weighted by atomic mass is 16.6. The number of fused-ring (bicyclic) bond motifs is 3. The topological polar surface area (TPSA) is 70.8 Å². The van der Waals surface area contributed by atoms with Crippen LogP contribution in [-0.4, -0.2) is 37.6 Å². The van der Waals surface area contributed by atoms with E-state index >= 15 is 0 Å². The van der Waals surface area contributed by atoms with Gasteiger partial charge in [0.2, 0.25) is 0 Å². The Labute approximate surface area is 108 Å². The Morgan fingerprint density at radius 2 is 2.06 bits per heavy atom. The molecule has 1 aliphatic carbocycles. The number of carbonyl (C=O) groups excluding carboxylic acids is 1. The first kappa shape index (κ1) is 13.6. The second kappa shape index (κ2) is 5.45. The van der Waals surface area contributed by atoms with E-state index in [1.54, 1.807) is 6.92 Å². The molecule has 0 spiro atoms. The number of ether oxygens (including phenoxy) is 3. The van der Waals surface area contributed by atoms with Crippen molar-refractivity contribution in [3.05, 3.63) is 0 Å². The lowest BCUT2D eigenvalue weighted by Gasteiger charge is -2.46. The molecule has 2 unspecified atom stereocenters. The molecule has 3 aliphatic rings. The maximum atomic E-state index is 10.7. The zero-order valence-corrected chi connectivity index (χ0v) is 11.2. The van der Waals surface area contributed by atoms with E-state index in [9.17, 15) is 4.79 Å². The lowest BCUT2D eigenvalue weighted by molar-refractivity contribution is -0.156. The molecule has 3 rings (SSSR count). The molecule has 2 N–H and O–H groups in total. The van der Waals surface area contributed by atoms with Crippen molar-refractivity contribution in [2.75, 3.05) is 13.2 Å². The van der Waals surface area contributed by atoms with E-state index in [2.05, 4.69) is 0 Å². The summed E-state index contributed by atoms with van der Waals surface area (Å²) in [5, 5.41) is 0. The molecule has 1 amide bonds. The highest BCUT2D eigenvalue weighted by Gasteiger charge is 2.42. The zero-order chi connectivity index (χ0) is 13.2. The van der Waals surface area contributed by atoms with Crippen molar-refractivity contribution in [1.82, 2.24) is 0 Å². The minimum atomic E-state index is -0.752. The highest BCUT2D eigenvalue weighted by molar-refractivity contribution is 5.64. The Morgan fingerprint density at radius 1 is 1.39 bits per heavy atom. The molecule has 1 saturated carbocycles. The molecule has 5 heteroatoms. The fourth-order valence-corrected chi connectivity index (χ4v) is 2.72. The van der Waals surface area contributed by atoms with Gasteiger partial charge in [-0.25, -0.2) is 4.79 Å². The predicted molar refractivity (Wildman–Crippen MR) is 66.2 cm³/mol. The molecule has 0 radical (unpaired) electrons. The van der Waals surface area contributed by atoms with E-state index in [1.807, 2.05) is 6.92 Å². The Hall–Kier alpha value is -0.810. The summed E-state index contributed by atoms with van der Waals surface area (Å²) in [5.74, 6) is 0. The van der Waals surface area contributed by atoms with Crippen LogP contribution in [0.5, 0.6) is 0 Å². The largest absolute Gasteiger partial charge is 0.444 e. The van der Waals surface area contributed by atoms with Gasteiger partial charge in [-0.1, -0.05) is 0 Å². The standard InChI is InChI=1S/C13H23NO4/c1-9(10(2)18-12(14)15)16-7-13-5-3-11(4-6-13)17-8-13/h9-11H,3-8H2,1-2H3,(H2,14,15). The maximum absolute atomic E-state index is 10.7. The van der Waals surface area contributed by atoms with Gasteiger partial charge in [-0.05, 0) is 39.5 Å². The third-order valence-corrected chi connectivity index (χ3v) is 4.23. The van der Waals surface area contributed by atoms with Gasteiger partial charge in [-0.15, -0.1) is 0 Å². The van der Waals surface area contributed by atoms with Gasteiger partial charge in [0.1, 0.15) is 6.10 Å². The van der Waals surface area contributed by atoms with Crippen molar-refractivity contribution in [2.24, 2.45) is 11.1 Å². The van der Waals surface area contributed by atoms with Gasteiger partial charge in [-0.2, -0.15) is 0 Å². The van der Waals surface area contributed by atoms with E-state index < -0.39 is 6.09 Å². The number of hydrogen-bond acceptors (Lipinski definition) is 4. The smallest absolute Gasteiger partial charge is 0.404 e. The predicted octanol–water partition coefficient (Wildman–Crippen LogP) is 1.83. The number of primary amides is 1. The lowest BCUT2D eigenvalue weighted by Crippen LogP contribution is -2.46. The number of amides is 1.